The highest BCUT2D eigenvalue weighted by atomic mass is 16.4. The van der Waals surface area contributed by atoms with E-state index in [1.807, 2.05) is 43.3 Å². The van der Waals surface area contributed by atoms with E-state index in [0.29, 0.717) is 0 Å². The van der Waals surface area contributed by atoms with E-state index in [1.54, 1.807) is 0 Å². The van der Waals surface area contributed by atoms with Crippen molar-refractivity contribution in [3.05, 3.63) is 47.5 Å². The van der Waals surface area contributed by atoms with Crippen LogP contribution in [0.2, 0.25) is 0 Å². The van der Waals surface area contributed by atoms with Crippen LogP contribution >= 0.6 is 0 Å². The molecule has 0 amide bonds. The van der Waals surface area contributed by atoms with Crippen molar-refractivity contribution in [2.24, 2.45) is 0 Å². The zero-order valence-electron chi connectivity index (χ0n) is 8.53. The molecule has 2 nitrogen and oxygen atoms in total. The lowest BCUT2D eigenvalue weighted by Crippen LogP contribution is -2.01. The van der Waals surface area contributed by atoms with Gasteiger partial charge in [-0.1, -0.05) is 36.4 Å². The molecule has 0 aliphatic rings. The summed E-state index contributed by atoms with van der Waals surface area (Å²) in [6.07, 6.45) is 0.0939. The van der Waals surface area contributed by atoms with Crippen molar-refractivity contribution in [2.75, 3.05) is 0 Å². The molecule has 15 heavy (non-hydrogen) atoms. The van der Waals surface area contributed by atoms with Gasteiger partial charge < -0.3 is 5.11 Å². The third-order valence-electron chi connectivity index (χ3n) is 2.55. The second-order valence-corrected chi connectivity index (χ2v) is 3.70. The van der Waals surface area contributed by atoms with Crippen molar-refractivity contribution >= 4 is 16.7 Å². The van der Waals surface area contributed by atoms with Crippen LogP contribution in [-0.4, -0.2) is 11.1 Å². The molecule has 2 rings (SSSR count). The number of carbonyl (C=O) groups is 1. The van der Waals surface area contributed by atoms with Gasteiger partial charge in [-0.2, -0.15) is 0 Å². The van der Waals surface area contributed by atoms with Gasteiger partial charge >= 0.3 is 5.97 Å². The minimum Gasteiger partial charge on any atom is -0.481 e. The van der Waals surface area contributed by atoms with Crippen molar-refractivity contribution in [1.82, 2.24) is 0 Å². The van der Waals surface area contributed by atoms with Gasteiger partial charge in [0.25, 0.3) is 0 Å². The molecule has 0 aliphatic heterocycles. The van der Waals surface area contributed by atoms with Gasteiger partial charge in [0.2, 0.25) is 0 Å². The van der Waals surface area contributed by atoms with E-state index >= 15 is 0 Å². The van der Waals surface area contributed by atoms with Gasteiger partial charge in [0.1, 0.15) is 0 Å². The number of rotatable bonds is 2. The van der Waals surface area contributed by atoms with Gasteiger partial charge in [0.05, 0.1) is 6.42 Å². The average molecular weight is 200 g/mol. The van der Waals surface area contributed by atoms with Crippen LogP contribution in [0.5, 0.6) is 0 Å². The maximum absolute atomic E-state index is 10.7. The van der Waals surface area contributed by atoms with Crippen molar-refractivity contribution in [3.63, 3.8) is 0 Å². The first-order chi connectivity index (χ1) is 7.16. The van der Waals surface area contributed by atoms with E-state index in [-0.39, 0.29) is 6.42 Å². The van der Waals surface area contributed by atoms with Crippen LogP contribution in [0.15, 0.2) is 36.4 Å². The molecule has 2 aromatic carbocycles. The molecule has 0 aliphatic carbocycles. The molecule has 0 radical (unpaired) electrons. The fourth-order valence-electron chi connectivity index (χ4n) is 1.75. The Morgan fingerprint density at radius 3 is 2.40 bits per heavy atom. The number of aryl methyl sites for hydroxylation is 1. The van der Waals surface area contributed by atoms with Crippen LogP contribution in [-0.2, 0) is 11.2 Å². The normalized spacial score (nSPS) is 10.5. The highest BCUT2D eigenvalue weighted by Gasteiger charge is 2.05. The third kappa shape index (κ3) is 1.99. The van der Waals surface area contributed by atoms with Crippen LogP contribution in [0.1, 0.15) is 11.1 Å². The number of hydrogen-bond acceptors (Lipinski definition) is 1. The zero-order chi connectivity index (χ0) is 10.8. The van der Waals surface area contributed by atoms with E-state index in [1.165, 1.54) is 0 Å². The molecule has 0 bridgehead atoms. The Balaban J connectivity index is 2.56. The highest BCUT2D eigenvalue weighted by Crippen LogP contribution is 2.19. The molecule has 76 valence electrons. The summed E-state index contributed by atoms with van der Waals surface area (Å²) >= 11 is 0. The molecule has 2 aromatic rings. The SMILES string of the molecule is Cc1cc2ccccc2cc1CC(=O)O. The van der Waals surface area contributed by atoms with Crippen LogP contribution in [0.3, 0.4) is 0 Å². The lowest BCUT2D eigenvalue weighted by Gasteiger charge is -2.05. The van der Waals surface area contributed by atoms with Crippen LogP contribution in [0.25, 0.3) is 10.8 Å². The van der Waals surface area contributed by atoms with Crippen LogP contribution in [0.4, 0.5) is 0 Å². The molecular formula is C13H12O2. The lowest BCUT2D eigenvalue weighted by atomic mass is 10.00. The Morgan fingerprint density at radius 2 is 1.80 bits per heavy atom. The molecule has 0 saturated heterocycles. The molecule has 0 aromatic heterocycles. The maximum atomic E-state index is 10.7. The zero-order valence-corrected chi connectivity index (χ0v) is 8.53. The summed E-state index contributed by atoms with van der Waals surface area (Å²) in [4.78, 5) is 10.7. The molecule has 1 N–H and O–H groups in total. The van der Waals surface area contributed by atoms with E-state index in [2.05, 4.69) is 0 Å². The third-order valence-corrected chi connectivity index (χ3v) is 2.55. The Morgan fingerprint density at radius 1 is 1.20 bits per heavy atom. The molecule has 0 atom stereocenters. The molecule has 0 saturated carbocycles. The van der Waals surface area contributed by atoms with Crippen LogP contribution < -0.4 is 0 Å². The van der Waals surface area contributed by atoms with Gasteiger partial charge in [-0.3, -0.25) is 4.79 Å². The van der Waals surface area contributed by atoms with E-state index < -0.39 is 5.97 Å². The van der Waals surface area contributed by atoms with Crippen molar-refractivity contribution in [3.8, 4) is 0 Å². The summed E-state index contributed by atoms with van der Waals surface area (Å²) in [5, 5.41) is 11.0. The number of carboxylic acid groups (broad SMARTS) is 1. The first kappa shape index (κ1) is 9.71. The Labute approximate surface area is 88.2 Å². The van der Waals surface area contributed by atoms with E-state index in [0.717, 1.165) is 21.9 Å². The second-order valence-electron chi connectivity index (χ2n) is 3.70. The largest absolute Gasteiger partial charge is 0.481 e. The van der Waals surface area contributed by atoms with Gasteiger partial charge in [0, 0.05) is 0 Å². The fraction of sp³-hybridized carbons (Fsp3) is 0.154. The van der Waals surface area contributed by atoms with Crippen molar-refractivity contribution < 1.29 is 9.90 Å². The van der Waals surface area contributed by atoms with Crippen molar-refractivity contribution in [2.45, 2.75) is 13.3 Å². The molecule has 0 unspecified atom stereocenters. The topological polar surface area (TPSA) is 37.3 Å². The van der Waals surface area contributed by atoms with Gasteiger partial charge in [-0.25, -0.2) is 0 Å². The summed E-state index contributed by atoms with van der Waals surface area (Å²) in [7, 11) is 0. The average Bonchev–Trinajstić information content (AvgIpc) is 2.18. The summed E-state index contributed by atoms with van der Waals surface area (Å²) in [6.45, 7) is 1.95. The minimum absolute atomic E-state index is 0.0939. The maximum Gasteiger partial charge on any atom is 0.307 e. The first-order valence-corrected chi connectivity index (χ1v) is 4.87. The minimum atomic E-state index is -0.784. The van der Waals surface area contributed by atoms with Crippen molar-refractivity contribution in [1.29, 1.82) is 0 Å². The molecule has 0 heterocycles. The number of fused-ring (bicyclic) bond motifs is 1. The number of hydrogen-bond donors (Lipinski definition) is 1. The summed E-state index contributed by atoms with van der Waals surface area (Å²) in [5.74, 6) is -0.784. The van der Waals surface area contributed by atoms with E-state index in [4.69, 9.17) is 5.11 Å². The number of carboxylic acids is 1. The number of aliphatic carboxylic acids is 1. The van der Waals surface area contributed by atoms with Crippen LogP contribution in [0, 0.1) is 6.92 Å². The number of benzene rings is 2. The first-order valence-electron chi connectivity index (χ1n) is 4.87. The van der Waals surface area contributed by atoms with Gasteiger partial charge in [-0.15, -0.1) is 0 Å². The molecule has 0 spiro atoms. The summed E-state index contributed by atoms with van der Waals surface area (Å²) < 4.78 is 0. The Hall–Kier alpha value is -1.83. The highest BCUT2D eigenvalue weighted by molar-refractivity contribution is 5.85. The Kier molecular flexibility index (Phi) is 2.42. The lowest BCUT2D eigenvalue weighted by molar-refractivity contribution is -0.136. The predicted octanol–water partition coefficient (Wildman–Crippen LogP) is 2.78. The van der Waals surface area contributed by atoms with Gasteiger partial charge in [0.15, 0.2) is 0 Å². The molecular weight excluding hydrogens is 188 g/mol. The summed E-state index contributed by atoms with van der Waals surface area (Å²) in [6, 6.07) is 12.0. The quantitative estimate of drug-likeness (QED) is 0.809. The molecule has 0 fully saturated rings. The summed E-state index contributed by atoms with van der Waals surface area (Å²) in [5.41, 5.74) is 1.93. The standard InChI is InChI=1S/C13H12O2/c1-9-6-10-4-2-3-5-11(10)7-12(9)8-13(14)15/h2-7H,8H2,1H3,(H,14,15). The Bertz CT molecular complexity index is 515. The van der Waals surface area contributed by atoms with E-state index in [9.17, 15) is 4.79 Å². The predicted molar refractivity (Wildman–Crippen MR) is 60.0 cm³/mol. The smallest absolute Gasteiger partial charge is 0.307 e. The van der Waals surface area contributed by atoms with Gasteiger partial charge in [-0.05, 0) is 28.8 Å². The molecule has 2 heteroatoms. The second kappa shape index (κ2) is 3.73. The monoisotopic (exact) mass is 200 g/mol. The fourth-order valence-corrected chi connectivity index (χ4v) is 1.75.